The lowest BCUT2D eigenvalue weighted by Gasteiger charge is -2.45. The van der Waals surface area contributed by atoms with Gasteiger partial charge in [-0.25, -0.2) is 8.78 Å². The SMILES string of the molecule is N#Cc1ccc(N2CCN(C3CCC4(CC3)OCc3ccc(F)cc34)CC2)cc1F. The monoisotopic (exact) mass is 409 g/mol. The van der Waals surface area contributed by atoms with Crippen LogP contribution in [-0.4, -0.2) is 37.1 Å². The molecular formula is C24H25F2N3O. The Hall–Kier alpha value is -2.49. The van der Waals surface area contributed by atoms with Crippen LogP contribution in [0, 0.1) is 23.0 Å². The van der Waals surface area contributed by atoms with E-state index in [2.05, 4.69) is 9.80 Å². The van der Waals surface area contributed by atoms with Crippen molar-refractivity contribution in [1.82, 2.24) is 4.90 Å². The molecule has 1 saturated carbocycles. The van der Waals surface area contributed by atoms with Crippen LogP contribution in [-0.2, 0) is 16.9 Å². The number of nitriles is 1. The van der Waals surface area contributed by atoms with Gasteiger partial charge in [-0.3, -0.25) is 4.90 Å². The average Bonchev–Trinajstić information content (AvgIpc) is 3.11. The van der Waals surface area contributed by atoms with Crippen molar-refractivity contribution in [2.45, 2.75) is 43.9 Å². The Morgan fingerprint density at radius 3 is 2.47 bits per heavy atom. The molecule has 30 heavy (non-hydrogen) atoms. The summed E-state index contributed by atoms with van der Waals surface area (Å²) in [5, 5.41) is 8.91. The molecule has 0 radical (unpaired) electrons. The van der Waals surface area contributed by atoms with E-state index in [1.165, 1.54) is 12.1 Å². The van der Waals surface area contributed by atoms with E-state index in [0.717, 1.165) is 68.7 Å². The van der Waals surface area contributed by atoms with Gasteiger partial charge in [0.25, 0.3) is 0 Å². The van der Waals surface area contributed by atoms with Gasteiger partial charge in [0.15, 0.2) is 0 Å². The second-order valence-electron chi connectivity index (χ2n) is 8.61. The van der Waals surface area contributed by atoms with Crippen molar-refractivity contribution < 1.29 is 13.5 Å². The average molecular weight is 409 g/mol. The van der Waals surface area contributed by atoms with E-state index in [0.29, 0.717) is 12.6 Å². The first-order valence-electron chi connectivity index (χ1n) is 10.7. The first kappa shape index (κ1) is 19.5. The molecule has 1 saturated heterocycles. The molecule has 0 atom stereocenters. The van der Waals surface area contributed by atoms with E-state index in [-0.39, 0.29) is 17.0 Å². The normalized spacial score (nSPS) is 26.6. The number of piperazine rings is 1. The van der Waals surface area contributed by atoms with Gasteiger partial charge in [0.1, 0.15) is 17.7 Å². The van der Waals surface area contributed by atoms with Crippen molar-refractivity contribution >= 4 is 5.69 Å². The third-order valence-electron chi connectivity index (χ3n) is 7.10. The van der Waals surface area contributed by atoms with Crippen LogP contribution < -0.4 is 4.90 Å². The molecule has 6 heteroatoms. The van der Waals surface area contributed by atoms with Crippen molar-refractivity contribution in [1.29, 1.82) is 5.26 Å². The van der Waals surface area contributed by atoms with Gasteiger partial charge in [-0.2, -0.15) is 5.26 Å². The minimum Gasteiger partial charge on any atom is -0.369 e. The Kier molecular flexibility index (Phi) is 4.96. The third-order valence-corrected chi connectivity index (χ3v) is 7.10. The van der Waals surface area contributed by atoms with Crippen LogP contribution in [0.5, 0.6) is 0 Å². The number of hydrogen-bond acceptors (Lipinski definition) is 4. The zero-order chi connectivity index (χ0) is 20.7. The van der Waals surface area contributed by atoms with E-state index < -0.39 is 5.82 Å². The molecule has 2 fully saturated rings. The molecule has 156 valence electrons. The van der Waals surface area contributed by atoms with E-state index in [9.17, 15) is 8.78 Å². The maximum absolute atomic E-state index is 14.0. The summed E-state index contributed by atoms with van der Waals surface area (Å²) in [7, 11) is 0. The Bertz CT molecular complexity index is 986. The molecule has 0 N–H and O–H groups in total. The van der Waals surface area contributed by atoms with Crippen LogP contribution in [0.25, 0.3) is 0 Å². The van der Waals surface area contributed by atoms with Crippen molar-refractivity contribution in [3.05, 3.63) is 64.7 Å². The van der Waals surface area contributed by atoms with Gasteiger partial charge in [-0.1, -0.05) is 6.07 Å². The van der Waals surface area contributed by atoms with E-state index in [1.54, 1.807) is 12.1 Å². The maximum atomic E-state index is 14.0. The van der Waals surface area contributed by atoms with Crippen LogP contribution >= 0.6 is 0 Å². The van der Waals surface area contributed by atoms with Crippen LogP contribution in [0.4, 0.5) is 14.5 Å². The highest BCUT2D eigenvalue weighted by Gasteiger charge is 2.44. The van der Waals surface area contributed by atoms with Gasteiger partial charge in [0.05, 0.1) is 17.8 Å². The van der Waals surface area contributed by atoms with Crippen molar-refractivity contribution in [2.24, 2.45) is 0 Å². The standard InChI is InChI=1S/C24H25F2N3O/c25-19-3-1-18-16-30-24(22(18)13-19)7-5-20(6-8-24)28-9-11-29(12-10-28)21-4-2-17(15-27)23(26)14-21/h1-4,13-14,20H,5-12,16H2. The molecule has 0 unspecified atom stereocenters. The lowest BCUT2D eigenvalue weighted by atomic mass is 9.77. The van der Waals surface area contributed by atoms with Gasteiger partial charge in [0.2, 0.25) is 0 Å². The van der Waals surface area contributed by atoms with Crippen LogP contribution in [0.15, 0.2) is 36.4 Å². The minimum absolute atomic E-state index is 0.0871. The van der Waals surface area contributed by atoms with Crippen molar-refractivity contribution in [2.75, 3.05) is 31.1 Å². The molecule has 1 spiro atoms. The van der Waals surface area contributed by atoms with E-state index >= 15 is 0 Å². The second kappa shape index (κ2) is 7.64. The Balaban J connectivity index is 1.20. The number of ether oxygens (including phenoxy) is 1. The van der Waals surface area contributed by atoms with Gasteiger partial charge in [-0.05, 0) is 67.1 Å². The predicted molar refractivity (Wildman–Crippen MR) is 110 cm³/mol. The van der Waals surface area contributed by atoms with E-state index in [1.807, 2.05) is 18.2 Å². The third kappa shape index (κ3) is 3.36. The lowest BCUT2D eigenvalue weighted by molar-refractivity contribution is -0.0777. The summed E-state index contributed by atoms with van der Waals surface area (Å²) >= 11 is 0. The van der Waals surface area contributed by atoms with Crippen LogP contribution in [0.2, 0.25) is 0 Å². The highest BCUT2D eigenvalue weighted by Crippen LogP contribution is 2.47. The number of halogens is 2. The van der Waals surface area contributed by atoms with Gasteiger partial charge >= 0.3 is 0 Å². The molecule has 2 aromatic carbocycles. The predicted octanol–water partition coefficient (Wildman–Crippen LogP) is 4.33. The quantitative estimate of drug-likeness (QED) is 0.740. The first-order chi connectivity index (χ1) is 14.6. The highest BCUT2D eigenvalue weighted by atomic mass is 19.1. The molecule has 4 nitrogen and oxygen atoms in total. The van der Waals surface area contributed by atoms with Crippen LogP contribution in [0.3, 0.4) is 0 Å². The molecule has 0 aromatic heterocycles. The summed E-state index contributed by atoms with van der Waals surface area (Å²) < 4.78 is 34.0. The fraction of sp³-hybridized carbons (Fsp3) is 0.458. The van der Waals surface area contributed by atoms with Gasteiger partial charge < -0.3 is 9.64 Å². The molecule has 2 aromatic rings. The molecular weight excluding hydrogens is 384 g/mol. The number of hydrogen-bond donors (Lipinski definition) is 0. The number of benzene rings is 2. The molecule has 2 heterocycles. The number of nitrogens with zero attached hydrogens (tertiary/aromatic N) is 3. The highest BCUT2D eigenvalue weighted by molar-refractivity contribution is 5.51. The number of fused-ring (bicyclic) bond motifs is 2. The molecule has 0 bridgehead atoms. The summed E-state index contributed by atoms with van der Waals surface area (Å²) in [6.45, 7) is 4.14. The largest absolute Gasteiger partial charge is 0.369 e. The van der Waals surface area contributed by atoms with Crippen molar-refractivity contribution in [3.8, 4) is 6.07 Å². The Labute approximate surface area is 175 Å². The van der Waals surface area contributed by atoms with Gasteiger partial charge in [0, 0.05) is 37.9 Å². The van der Waals surface area contributed by atoms with E-state index in [4.69, 9.17) is 10.00 Å². The number of rotatable bonds is 2. The summed E-state index contributed by atoms with van der Waals surface area (Å²) in [4.78, 5) is 4.72. The maximum Gasteiger partial charge on any atom is 0.143 e. The zero-order valence-corrected chi connectivity index (χ0v) is 16.9. The smallest absolute Gasteiger partial charge is 0.143 e. The van der Waals surface area contributed by atoms with Gasteiger partial charge in [-0.15, -0.1) is 0 Å². The fourth-order valence-corrected chi connectivity index (χ4v) is 5.38. The summed E-state index contributed by atoms with van der Waals surface area (Å²) in [5.41, 5.74) is 2.79. The molecule has 0 amide bonds. The number of anilines is 1. The second-order valence-corrected chi connectivity index (χ2v) is 8.61. The molecule has 1 aliphatic carbocycles. The zero-order valence-electron chi connectivity index (χ0n) is 16.9. The summed E-state index contributed by atoms with van der Waals surface area (Å²) in [6.07, 6.45) is 3.94. The first-order valence-corrected chi connectivity index (χ1v) is 10.7. The molecule has 5 rings (SSSR count). The summed E-state index contributed by atoms with van der Waals surface area (Å²) in [5.74, 6) is -0.639. The fourth-order valence-electron chi connectivity index (χ4n) is 5.38. The van der Waals surface area contributed by atoms with Crippen LogP contribution in [0.1, 0.15) is 42.4 Å². The topological polar surface area (TPSA) is 39.5 Å². The minimum atomic E-state index is -0.455. The molecule has 3 aliphatic rings. The Morgan fingerprint density at radius 2 is 1.77 bits per heavy atom. The molecule has 2 aliphatic heterocycles. The Morgan fingerprint density at radius 1 is 1.00 bits per heavy atom. The lowest BCUT2D eigenvalue weighted by Crippen LogP contribution is -2.52. The van der Waals surface area contributed by atoms with Crippen molar-refractivity contribution in [3.63, 3.8) is 0 Å². The summed E-state index contributed by atoms with van der Waals surface area (Å²) in [6, 6.07) is 12.3.